The summed E-state index contributed by atoms with van der Waals surface area (Å²) in [6.07, 6.45) is 0. The van der Waals surface area contributed by atoms with Gasteiger partial charge < -0.3 is 4.74 Å². The van der Waals surface area contributed by atoms with E-state index in [0.717, 1.165) is 0 Å². The highest BCUT2D eigenvalue weighted by atomic mass is 32.2. The number of anilines is 1. The molecule has 0 bridgehead atoms. The molecule has 0 radical (unpaired) electrons. The molecule has 2 aromatic carbocycles. The summed E-state index contributed by atoms with van der Waals surface area (Å²) in [6.45, 7) is 1.73. The molecule has 0 unspecified atom stereocenters. The predicted molar refractivity (Wildman–Crippen MR) is 124 cm³/mol. The fourth-order valence-electron chi connectivity index (χ4n) is 3.12. The first-order chi connectivity index (χ1) is 16.3. The molecule has 4 aromatic rings. The molecular formula is C21H18N6O5S2. The van der Waals surface area contributed by atoms with Crippen LogP contribution in [0.4, 0.5) is 5.13 Å². The van der Waals surface area contributed by atoms with Gasteiger partial charge in [0.2, 0.25) is 9.47 Å². The minimum Gasteiger partial charge on any atom is -0.462 e. The smallest absolute Gasteiger partial charge is 0.342 e. The molecule has 4 rings (SSSR count). The van der Waals surface area contributed by atoms with Crippen LogP contribution in [-0.2, 0) is 14.8 Å². The predicted octanol–water partition coefficient (Wildman–Crippen LogP) is 2.47. The van der Waals surface area contributed by atoms with Crippen molar-refractivity contribution >= 4 is 38.4 Å². The Morgan fingerprint density at radius 2 is 1.71 bits per heavy atom. The summed E-state index contributed by atoms with van der Waals surface area (Å²) in [5.41, 5.74) is 1.32. The molecule has 11 nitrogen and oxygen atoms in total. The molecule has 3 N–H and O–H groups in total. The fraction of sp³-hybridized carbons (Fsp3) is 0.0952. The number of benzene rings is 2. The van der Waals surface area contributed by atoms with Crippen molar-refractivity contribution in [3.63, 3.8) is 0 Å². The number of nitrogens with zero attached hydrogens (tertiary/aromatic N) is 4. The van der Waals surface area contributed by atoms with Gasteiger partial charge in [0.25, 0.3) is 15.9 Å². The van der Waals surface area contributed by atoms with E-state index in [4.69, 9.17) is 9.88 Å². The number of para-hydroxylation sites is 1. The minimum absolute atomic E-state index is 0.0504. The summed E-state index contributed by atoms with van der Waals surface area (Å²) in [5.74, 6) is -1.54. The molecule has 174 valence electrons. The van der Waals surface area contributed by atoms with Gasteiger partial charge in [0.15, 0.2) is 5.69 Å². The van der Waals surface area contributed by atoms with Crippen LogP contribution in [0.1, 0.15) is 27.8 Å². The number of esters is 1. The first-order valence-electron chi connectivity index (χ1n) is 9.88. The third-order valence-corrected chi connectivity index (χ3v) is 6.65. The molecule has 13 heteroatoms. The first kappa shape index (κ1) is 23.2. The van der Waals surface area contributed by atoms with Gasteiger partial charge in [-0.25, -0.2) is 23.0 Å². The van der Waals surface area contributed by atoms with Crippen LogP contribution in [0.5, 0.6) is 0 Å². The molecule has 2 aromatic heterocycles. The lowest BCUT2D eigenvalue weighted by Crippen LogP contribution is -2.17. The van der Waals surface area contributed by atoms with Crippen molar-refractivity contribution in [1.82, 2.24) is 20.0 Å². The first-order valence-corrected chi connectivity index (χ1v) is 12.2. The second-order valence-electron chi connectivity index (χ2n) is 6.78. The molecule has 0 aliphatic heterocycles. The monoisotopic (exact) mass is 498 g/mol. The third-order valence-electron chi connectivity index (χ3n) is 4.50. The molecule has 1 amide bonds. The van der Waals surface area contributed by atoms with Crippen LogP contribution in [0.3, 0.4) is 0 Å². The number of amides is 1. The fourth-order valence-corrected chi connectivity index (χ4v) is 4.45. The number of hydrogen-bond donors (Lipinski definition) is 2. The molecule has 0 saturated carbocycles. The topological polar surface area (TPSA) is 159 Å². The van der Waals surface area contributed by atoms with Crippen LogP contribution in [0.25, 0.3) is 16.9 Å². The van der Waals surface area contributed by atoms with E-state index >= 15 is 0 Å². The second kappa shape index (κ2) is 9.51. The van der Waals surface area contributed by atoms with Crippen LogP contribution in [0.15, 0.2) is 65.0 Å². The van der Waals surface area contributed by atoms with Gasteiger partial charge in [-0.15, -0.1) is 10.2 Å². The third kappa shape index (κ3) is 4.71. The summed E-state index contributed by atoms with van der Waals surface area (Å²) in [6, 6.07) is 17.9. The van der Waals surface area contributed by atoms with Gasteiger partial charge in [0, 0.05) is 5.56 Å². The highest BCUT2D eigenvalue weighted by Crippen LogP contribution is 2.31. The highest BCUT2D eigenvalue weighted by molar-refractivity contribution is 7.91. The lowest BCUT2D eigenvalue weighted by atomic mass is 10.0. The lowest BCUT2D eigenvalue weighted by molar-refractivity contribution is 0.0524. The van der Waals surface area contributed by atoms with Gasteiger partial charge in [-0.1, -0.05) is 59.9 Å². The summed E-state index contributed by atoms with van der Waals surface area (Å²) >= 11 is 0.573. The van der Waals surface area contributed by atoms with Crippen LogP contribution in [-0.4, -0.2) is 46.9 Å². The van der Waals surface area contributed by atoms with Crippen LogP contribution in [0.2, 0.25) is 0 Å². The van der Waals surface area contributed by atoms with Crippen LogP contribution in [0, 0.1) is 0 Å². The molecule has 0 saturated heterocycles. The summed E-state index contributed by atoms with van der Waals surface area (Å²) in [7, 11) is -4.09. The Kier molecular flexibility index (Phi) is 6.49. The van der Waals surface area contributed by atoms with E-state index in [1.165, 1.54) is 4.68 Å². The van der Waals surface area contributed by atoms with Crippen molar-refractivity contribution in [3.05, 3.63) is 71.9 Å². The number of carbonyl (C=O) groups excluding carboxylic acids is 2. The number of carbonyl (C=O) groups is 2. The molecule has 0 fully saturated rings. The van der Waals surface area contributed by atoms with E-state index in [-0.39, 0.29) is 23.0 Å². The Morgan fingerprint density at radius 3 is 2.29 bits per heavy atom. The van der Waals surface area contributed by atoms with E-state index < -0.39 is 26.2 Å². The zero-order chi connectivity index (χ0) is 24.3. The standard InChI is InChI=1S/C21H18N6O5S2/c1-2-32-19(29)15-16(18(28)23-20-24-25-21(33-20)34(22,30)31)26-27(14-11-7-4-8-12-14)17(15)13-9-5-3-6-10-13/h3-12H,2H2,1H3,(H2,22,30,31)(H,23,24,28). The zero-order valence-corrected chi connectivity index (χ0v) is 19.3. The van der Waals surface area contributed by atoms with Gasteiger partial charge >= 0.3 is 5.97 Å². The van der Waals surface area contributed by atoms with Gasteiger partial charge in [-0.3, -0.25) is 10.1 Å². The largest absolute Gasteiger partial charge is 0.462 e. The van der Waals surface area contributed by atoms with Gasteiger partial charge in [-0.05, 0) is 19.1 Å². The maximum atomic E-state index is 13.2. The quantitative estimate of drug-likeness (QED) is 0.290. The molecular weight excluding hydrogens is 480 g/mol. The maximum absolute atomic E-state index is 13.2. The normalized spacial score (nSPS) is 11.2. The molecule has 0 aliphatic carbocycles. The van der Waals surface area contributed by atoms with Crippen LogP contribution < -0.4 is 10.5 Å². The summed E-state index contributed by atoms with van der Waals surface area (Å²) < 4.78 is 29.2. The van der Waals surface area contributed by atoms with Crippen molar-refractivity contribution in [2.45, 2.75) is 11.3 Å². The van der Waals surface area contributed by atoms with Crippen molar-refractivity contribution in [3.8, 4) is 16.9 Å². The minimum atomic E-state index is -4.09. The van der Waals surface area contributed by atoms with Gasteiger partial charge in [0.1, 0.15) is 5.56 Å². The van der Waals surface area contributed by atoms with Crippen molar-refractivity contribution in [1.29, 1.82) is 0 Å². The number of ether oxygens (including phenoxy) is 1. The van der Waals surface area contributed by atoms with Crippen molar-refractivity contribution in [2.75, 3.05) is 11.9 Å². The number of nitrogens with one attached hydrogen (secondary N) is 1. The number of primary sulfonamides is 1. The Hall–Kier alpha value is -3.94. The number of aromatic nitrogens is 4. The number of nitrogens with two attached hydrogens (primary N) is 1. The summed E-state index contributed by atoms with van der Waals surface area (Å²) in [4.78, 5) is 26.2. The SMILES string of the molecule is CCOC(=O)c1c(C(=O)Nc2nnc(S(N)(=O)=O)s2)nn(-c2ccccc2)c1-c1ccccc1. The van der Waals surface area contributed by atoms with E-state index in [1.807, 2.05) is 12.1 Å². The van der Waals surface area contributed by atoms with E-state index in [2.05, 4.69) is 20.6 Å². The van der Waals surface area contributed by atoms with Crippen molar-refractivity contribution in [2.24, 2.45) is 5.14 Å². The molecule has 0 aliphatic rings. The Labute approximate surface area is 198 Å². The van der Waals surface area contributed by atoms with Gasteiger partial charge in [-0.2, -0.15) is 5.10 Å². The Balaban J connectivity index is 1.88. The average molecular weight is 499 g/mol. The number of rotatable bonds is 7. The molecule has 34 heavy (non-hydrogen) atoms. The van der Waals surface area contributed by atoms with E-state index in [1.54, 1.807) is 55.5 Å². The Bertz CT molecular complexity index is 1450. The molecule has 2 heterocycles. The van der Waals surface area contributed by atoms with E-state index in [0.29, 0.717) is 28.3 Å². The number of sulfonamides is 1. The molecule has 0 spiro atoms. The summed E-state index contributed by atoms with van der Waals surface area (Å²) in [5, 5.41) is 18.9. The zero-order valence-electron chi connectivity index (χ0n) is 17.7. The Morgan fingerprint density at radius 1 is 1.06 bits per heavy atom. The van der Waals surface area contributed by atoms with Crippen LogP contribution >= 0.6 is 11.3 Å². The van der Waals surface area contributed by atoms with Crippen molar-refractivity contribution < 1.29 is 22.7 Å². The highest BCUT2D eigenvalue weighted by Gasteiger charge is 2.31. The van der Waals surface area contributed by atoms with E-state index in [9.17, 15) is 18.0 Å². The second-order valence-corrected chi connectivity index (χ2v) is 9.49. The number of hydrogen-bond acceptors (Lipinski definition) is 9. The van der Waals surface area contributed by atoms with Gasteiger partial charge in [0.05, 0.1) is 18.0 Å². The lowest BCUT2D eigenvalue weighted by Gasteiger charge is -2.09. The molecule has 0 atom stereocenters. The average Bonchev–Trinajstić information content (AvgIpc) is 3.45. The maximum Gasteiger partial charge on any atom is 0.342 e.